The van der Waals surface area contributed by atoms with Gasteiger partial charge in [0.25, 0.3) is 0 Å². The molecule has 6 rings (SSSR count). The van der Waals surface area contributed by atoms with Gasteiger partial charge < -0.3 is 14.1 Å². The average Bonchev–Trinajstić information content (AvgIpc) is 3.13. The van der Waals surface area contributed by atoms with Crippen molar-refractivity contribution in [2.75, 3.05) is 4.81 Å². The molecule has 0 bridgehead atoms. The molecule has 0 aliphatic carbocycles. The van der Waals surface area contributed by atoms with Crippen molar-refractivity contribution in [3.8, 4) is 11.1 Å². The first-order valence-corrected chi connectivity index (χ1v) is 11.6. The number of hydrogen-bond acceptors (Lipinski definition) is 3. The summed E-state index contributed by atoms with van der Waals surface area (Å²) in [5.41, 5.74) is 8.36. The molecule has 0 aromatic heterocycles. The largest absolute Gasteiger partial charge is 0.494 e. The summed E-state index contributed by atoms with van der Waals surface area (Å²) in [6, 6.07) is 24.4. The predicted molar refractivity (Wildman–Crippen MR) is 135 cm³/mol. The first-order chi connectivity index (χ1) is 15.1. The predicted octanol–water partition coefficient (Wildman–Crippen LogP) is 4.83. The fourth-order valence-corrected chi connectivity index (χ4v) is 5.70. The molecule has 160 valence electrons. The molecule has 0 atom stereocenters. The number of hydrogen-bond donors (Lipinski definition) is 0. The third-order valence-corrected chi connectivity index (χ3v) is 8.15. The number of anilines is 2. The lowest BCUT2D eigenvalue weighted by molar-refractivity contribution is 0.00578. The van der Waals surface area contributed by atoms with Crippen molar-refractivity contribution < 1.29 is 9.31 Å². The number of fused-ring (bicyclic) bond motifs is 8. The summed E-state index contributed by atoms with van der Waals surface area (Å²) in [7, 11) is -0.349. The summed E-state index contributed by atoms with van der Waals surface area (Å²) in [5, 5.41) is -0.0708. The molecule has 0 unspecified atom stereocenters. The Bertz CT molecular complexity index is 1230. The molecule has 0 amide bonds. The molecule has 3 heterocycles. The first-order valence-electron chi connectivity index (χ1n) is 11.6. The Kier molecular flexibility index (Phi) is 3.97. The van der Waals surface area contributed by atoms with Crippen LogP contribution in [0.25, 0.3) is 11.1 Å². The van der Waals surface area contributed by atoms with E-state index in [4.69, 9.17) is 9.31 Å². The van der Waals surface area contributed by atoms with Crippen LogP contribution in [-0.2, 0) is 14.6 Å². The second kappa shape index (κ2) is 6.30. The normalized spacial score (nSPS) is 21.1. The van der Waals surface area contributed by atoms with Crippen LogP contribution in [0.5, 0.6) is 0 Å². The molecule has 1 saturated heterocycles. The third kappa shape index (κ3) is 2.52. The molecule has 3 aromatic rings. The first kappa shape index (κ1) is 20.1. The SMILES string of the molecule is CC1(C)B2c3ccccc3-c3ccccc3N2c2ccc(B3OC(C)(C)C(C)(C)O3)cc21. The zero-order chi connectivity index (χ0) is 22.5. The van der Waals surface area contributed by atoms with Gasteiger partial charge in [-0.05, 0) is 67.2 Å². The molecule has 1 fully saturated rings. The van der Waals surface area contributed by atoms with Gasteiger partial charge in [-0.1, -0.05) is 68.4 Å². The van der Waals surface area contributed by atoms with Crippen LogP contribution in [0.15, 0.2) is 66.7 Å². The fraction of sp³-hybridized carbons (Fsp3) is 0.333. The Morgan fingerprint density at radius 1 is 0.688 bits per heavy atom. The Morgan fingerprint density at radius 3 is 2.03 bits per heavy atom. The summed E-state index contributed by atoms with van der Waals surface area (Å²) in [6.07, 6.45) is 0. The van der Waals surface area contributed by atoms with E-state index in [2.05, 4.69) is 113 Å². The van der Waals surface area contributed by atoms with Gasteiger partial charge >= 0.3 is 14.0 Å². The Hall–Kier alpha value is -2.49. The highest BCUT2D eigenvalue weighted by atomic mass is 16.7. The highest BCUT2D eigenvalue weighted by Gasteiger charge is 2.55. The molecule has 0 radical (unpaired) electrons. The number of para-hydroxylation sites is 1. The van der Waals surface area contributed by atoms with E-state index >= 15 is 0 Å². The van der Waals surface area contributed by atoms with Gasteiger partial charge in [0.2, 0.25) is 0 Å². The van der Waals surface area contributed by atoms with E-state index < -0.39 is 0 Å². The van der Waals surface area contributed by atoms with Gasteiger partial charge in [0.05, 0.1) is 11.2 Å². The fourth-order valence-electron chi connectivity index (χ4n) is 5.70. The lowest BCUT2D eigenvalue weighted by atomic mass is 9.37. The van der Waals surface area contributed by atoms with E-state index in [0.717, 1.165) is 5.46 Å². The monoisotopic (exact) mass is 421 g/mol. The molecule has 3 aromatic carbocycles. The van der Waals surface area contributed by atoms with Gasteiger partial charge in [-0.2, -0.15) is 0 Å². The van der Waals surface area contributed by atoms with Gasteiger partial charge in [-0.15, -0.1) is 0 Å². The van der Waals surface area contributed by atoms with E-state index in [1.807, 2.05) is 0 Å². The van der Waals surface area contributed by atoms with Gasteiger partial charge in [-0.25, -0.2) is 0 Å². The molecule has 5 heteroatoms. The van der Waals surface area contributed by atoms with Gasteiger partial charge in [0.15, 0.2) is 0 Å². The van der Waals surface area contributed by atoms with E-state index in [1.165, 1.54) is 33.5 Å². The molecule has 0 saturated carbocycles. The van der Waals surface area contributed by atoms with Crippen molar-refractivity contribution in [1.82, 2.24) is 0 Å². The van der Waals surface area contributed by atoms with Crippen LogP contribution in [0.2, 0.25) is 0 Å². The molecule has 0 spiro atoms. The van der Waals surface area contributed by atoms with Gasteiger partial charge in [-0.3, -0.25) is 0 Å². The van der Waals surface area contributed by atoms with Crippen LogP contribution in [0.3, 0.4) is 0 Å². The van der Waals surface area contributed by atoms with Crippen LogP contribution in [0.4, 0.5) is 11.4 Å². The summed E-state index contributed by atoms with van der Waals surface area (Å²) in [5.74, 6) is 0. The van der Waals surface area contributed by atoms with Crippen LogP contribution >= 0.6 is 0 Å². The number of rotatable bonds is 1. The number of nitrogens with zero attached hydrogens (tertiary/aromatic N) is 1. The van der Waals surface area contributed by atoms with Crippen LogP contribution in [0, 0.1) is 0 Å². The molecule has 3 aliphatic heterocycles. The lowest BCUT2D eigenvalue weighted by Gasteiger charge is -2.38. The van der Waals surface area contributed by atoms with Crippen LogP contribution < -0.4 is 15.7 Å². The summed E-state index contributed by atoms with van der Waals surface area (Å²) < 4.78 is 12.7. The molecule has 0 N–H and O–H groups in total. The van der Waals surface area contributed by atoms with Crippen LogP contribution in [-0.4, -0.2) is 25.2 Å². The van der Waals surface area contributed by atoms with E-state index in [0.29, 0.717) is 0 Å². The molecular formula is C27H29B2NO2. The van der Waals surface area contributed by atoms with Crippen molar-refractivity contribution in [2.45, 2.75) is 58.1 Å². The molecular weight excluding hydrogens is 392 g/mol. The van der Waals surface area contributed by atoms with Crippen molar-refractivity contribution in [3.05, 3.63) is 72.3 Å². The lowest BCUT2D eigenvalue weighted by Crippen LogP contribution is -2.55. The third-order valence-electron chi connectivity index (χ3n) is 8.15. The average molecular weight is 421 g/mol. The smallest absolute Gasteiger partial charge is 0.399 e. The standard InChI is InChI=1S/C27H29B2NO2/c1-25(2)21-17-18(29-31-26(3,4)27(5,6)32-29)15-16-24(21)30-23-14-10-8-12-20(23)19-11-7-9-13-22(19)28(25)30/h7-17H,1-6H3. The van der Waals surface area contributed by atoms with E-state index in [1.54, 1.807) is 0 Å². The molecule has 32 heavy (non-hydrogen) atoms. The second-order valence-electron chi connectivity index (χ2n) is 11.0. The van der Waals surface area contributed by atoms with Crippen LogP contribution in [0.1, 0.15) is 47.1 Å². The summed E-state index contributed by atoms with van der Waals surface area (Å²) >= 11 is 0. The Morgan fingerprint density at radius 2 is 1.31 bits per heavy atom. The minimum atomic E-state index is -0.349. The molecule has 3 aliphatic rings. The van der Waals surface area contributed by atoms with Crippen molar-refractivity contribution >= 4 is 36.3 Å². The summed E-state index contributed by atoms with van der Waals surface area (Å²) in [4.78, 5) is 2.54. The quantitative estimate of drug-likeness (QED) is 0.526. The van der Waals surface area contributed by atoms with E-state index in [-0.39, 0.29) is 30.5 Å². The van der Waals surface area contributed by atoms with Gasteiger partial charge in [0.1, 0.15) is 0 Å². The van der Waals surface area contributed by atoms with Gasteiger partial charge in [0, 0.05) is 16.9 Å². The highest BCUT2D eigenvalue weighted by molar-refractivity contribution is 6.84. The Labute approximate surface area is 192 Å². The van der Waals surface area contributed by atoms with Crippen molar-refractivity contribution in [2.24, 2.45) is 0 Å². The minimum absolute atomic E-state index is 0.0708. The second-order valence-corrected chi connectivity index (χ2v) is 11.0. The maximum absolute atomic E-state index is 6.37. The topological polar surface area (TPSA) is 21.7 Å². The Balaban J connectivity index is 1.52. The zero-order valence-electron chi connectivity index (χ0n) is 19.8. The van der Waals surface area contributed by atoms with Crippen molar-refractivity contribution in [1.29, 1.82) is 0 Å². The maximum Gasteiger partial charge on any atom is 0.494 e. The maximum atomic E-state index is 6.37. The summed E-state index contributed by atoms with van der Waals surface area (Å²) in [6.45, 7) is 13.4. The minimum Gasteiger partial charge on any atom is -0.399 e. The highest BCUT2D eigenvalue weighted by Crippen LogP contribution is 2.51. The molecule has 3 nitrogen and oxygen atoms in total. The van der Waals surface area contributed by atoms with Crippen molar-refractivity contribution in [3.63, 3.8) is 0 Å². The zero-order valence-corrected chi connectivity index (χ0v) is 19.8. The number of benzene rings is 3. The van der Waals surface area contributed by atoms with E-state index in [9.17, 15) is 0 Å².